The van der Waals surface area contributed by atoms with Gasteiger partial charge in [0.25, 0.3) is 0 Å². The zero-order valence-electron chi connectivity index (χ0n) is 12.5. The van der Waals surface area contributed by atoms with E-state index >= 15 is 0 Å². The lowest BCUT2D eigenvalue weighted by molar-refractivity contribution is -0.139. The van der Waals surface area contributed by atoms with Gasteiger partial charge in [-0.25, -0.2) is 5.43 Å². The van der Waals surface area contributed by atoms with Crippen molar-refractivity contribution in [3.8, 4) is 0 Å². The van der Waals surface area contributed by atoms with Gasteiger partial charge in [-0.1, -0.05) is 20.8 Å². The lowest BCUT2D eigenvalue weighted by Gasteiger charge is -2.34. The predicted octanol–water partition coefficient (Wildman–Crippen LogP) is 1.83. The SMILES string of the molecule is CC(C)NC(=O)C(=O)N/N=C1/C[C@@H](C)CC(C)(C)C1. The largest absolute Gasteiger partial charge is 0.346 e. The third kappa shape index (κ3) is 5.41. The van der Waals surface area contributed by atoms with E-state index in [2.05, 4.69) is 36.6 Å². The normalized spacial score (nSPS) is 24.3. The third-order valence-corrected chi connectivity index (χ3v) is 3.11. The van der Waals surface area contributed by atoms with E-state index in [0.29, 0.717) is 5.92 Å². The average molecular weight is 267 g/mol. The molecule has 0 heterocycles. The summed E-state index contributed by atoms with van der Waals surface area (Å²) in [6.45, 7) is 10.2. The Labute approximate surface area is 115 Å². The van der Waals surface area contributed by atoms with Crippen molar-refractivity contribution in [2.45, 2.75) is 59.9 Å². The van der Waals surface area contributed by atoms with Crippen molar-refractivity contribution in [3.05, 3.63) is 0 Å². The molecule has 0 aliphatic heterocycles. The van der Waals surface area contributed by atoms with Crippen molar-refractivity contribution in [1.29, 1.82) is 0 Å². The Bertz CT molecular complexity index is 386. The molecule has 0 bridgehead atoms. The fraction of sp³-hybridized carbons (Fsp3) is 0.786. The number of hydrazone groups is 1. The molecule has 0 radical (unpaired) electrons. The van der Waals surface area contributed by atoms with Crippen LogP contribution in [0.15, 0.2) is 5.10 Å². The van der Waals surface area contributed by atoms with E-state index in [1.165, 1.54) is 0 Å². The van der Waals surface area contributed by atoms with Crippen LogP contribution < -0.4 is 10.7 Å². The maximum Gasteiger partial charge on any atom is 0.329 e. The van der Waals surface area contributed by atoms with Gasteiger partial charge in [-0.2, -0.15) is 5.10 Å². The van der Waals surface area contributed by atoms with Gasteiger partial charge in [0.2, 0.25) is 0 Å². The molecule has 2 amide bonds. The molecule has 0 aromatic rings. The Morgan fingerprint density at radius 2 is 1.95 bits per heavy atom. The van der Waals surface area contributed by atoms with E-state index in [0.717, 1.165) is 25.0 Å². The van der Waals surface area contributed by atoms with E-state index in [-0.39, 0.29) is 11.5 Å². The van der Waals surface area contributed by atoms with Crippen LogP contribution in [0.25, 0.3) is 0 Å². The molecular formula is C14H25N3O2. The van der Waals surface area contributed by atoms with Crippen molar-refractivity contribution in [3.63, 3.8) is 0 Å². The first-order chi connectivity index (χ1) is 8.69. The molecule has 1 fully saturated rings. The maximum absolute atomic E-state index is 11.5. The second-order valence-corrected chi connectivity index (χ2v) is 6.60. The molecule has 0 saturated heterocycles. The maximum atomic E-state index is 11.5. The molecule has 2 N–H and O–H groups in total. The van der Waals surface area contributed by atoms with Gasteiger partial charge >= 0.3 is 11.8 Å². The molecule has 0 spiro atoms. The molecule has 19 heavy (non-hydrogen) atoms. The number of rotatable bonds is 2. The molecule has 0 aromatic heterocycles. The Morgan fingerprint density at radius 3 is 2.47 bits per heavy atom. The lowest BCUT2D eigenvalue weighted by Crippen LogP contribution is -2.41. The average Bonchev–Trinajstić information content (AvgIpc) is 2.22. The number of nitrogens with one attached hydrogen (secondary N) is 2. The monoisotopic (exact) mass is 267 g/mol. The van der Waals surface area contributed by atoms with Crippen LogP contribution in [-0.2, 0) is 9.59 Å². The Morgan fingerprint density at radius 1 is 1.32 bits per heavy atom. The minimum Gasteiger partial charge on any atom is -0.346 e. The fourth-order valence-electron chi connectivity index (χ4n) is 2.71. The van der Waals surface area contributed by atoms with Gasteiger partial charge in [0.1, 0.15) is 0 Å². The van der Waals surface area contributed by atoms with E-state index in [9.17, 15) is 9.59 Å². The van der Waals surface area contributed by atoms with Crippen LogP contribution in [-0.4, -0.2) is 23.6 Å². The lowest BCUT2D eigenvalue weighted by atomic mass is 9.72. The Balaban J connectivity index is 2.56. The minimum absolute atomic E-state index is 0.0560. The van der Waals surface area contributed by atoms with Crippen molar-refractivity contribution >= 4 is 17.5 Å². The van der Waals surface area contributed by atoms with E-state index in [1.807, 2.05) is 13.8 Å². The molecule has 0 unspecified atom stereocenters. The molecular weight excluding hydrogens is 242 g/mol. The summed E-state index contributed by atoms with van der Waals surface area (Å²) in [5.74, 6) is -0.774. The van der Waals surface area contributed by atoms with Gasteiger partial charge in [-0.05, 0) is 44.4 Å². The summed E-state index contributed by atoms with van der Waals surface area (Å²) in [6.07, 6.45) is 2.91. The highest BCUT2D eigenvalue weighted by atomic mass is 16.2. The highest BCUT2D eigenvalue weighted by molar-refractivity contribution is 6.35. The molecule has 1 saturated carbocycles. The Hall–Kier alpha value is -1.39. The van der Waals surface area contributed by atoms with E-state index < -0.39 is 11.8 Å². The minimum atomic E-state index is -0.697. The highest BCUT2D eigenvalue weighted by Gasteiger charge is 2.29. The predicted molar refractivity (Wildman–Crippen MR) is 75.7 cm³/mol. The van der Waals surface area contributed by atoms with Gasteiger partial charge in [-0.15, -0.1) is 0 Å². The zero-order valence-corrected chi connectivity index (χ0v) is 12.5. The third-order valence-electron chi connectivity index (χ3n) is 3.11. The van der Waals surface area contributed by atoms with E-state index in [4.69, 9.17) is 0 Å². The summed E-state index contributed by atoms with van der Waals surface area (Å²) in [6, 6.07) is -0.0560. The molecule has 108 valence electrons. The molecule has 1 aliphatic carbocycles. The van der Waals surface area contributed by atoms with Crippen LogP contribution in [0.5, 0.6) is 0 Å². The Kier molecular flexibility index (Phi) is 5.09. The molecule has 1 atom stereocenters. The molecule has 1 rings (SSSR count). The van der Waals surface area contributed by atoms with Crippen LogP contribution in [0.1, 0.15) is 53.9 Å². The number of carbonyl (C=O) groups is 2. The van der Waals surface area contributed by atoms with Gasteiger partial charge in [0.15, 0.2) is 0 Å². The number of carbonyl (C=O) groups excluding carboxylic acids is 2. The first-order valence-electron chi connectivity index (χ1n) is 6.86. The number of nitrogens with zero attached hydrogens (tertiary/aromatic N) is 1. The van der Waals surface area contributed by atoms with Gasteiger partial charge < -0.3 is 5.32 Å². The zero-order chi connectivity index (χ0) is 14.6. The van der Waals surface area contributed by atoms with Crippen molar-refractivity contribution in [2.75, 3.05) is 0 Å². The second kappa shape index (κ2) is 6.17. The van der Waals surface area contributed by atoms with Crippen molar-refractivity contribution in [2.24, 2.45) is 16.4 Å². The fourth-order valence-corrected chi connectivity index (χ4v) is 2.71. The van der Waals surface area contributed by atoms with Crippen molar-refractivity contribution in [1.82, 2.24) is 10.7 Å². The summed E-state index contributed by atoms with van der Waals surface area (Å²) in [7, 11) is 0. The summed E-state index contributed by atoms with van der Waals surface area (Å²) < 4.78 is 0. The first kappa shape index (κ1) is 15.7. The summed E-state index contributed by atoms with van der Waals surface area (Å²) >= 11 is 0. The summed E-state index contributed by atoms with van der Waals surface area (Å²) in [5.41, 5.74) is 3.53. The molecule has 1 aliphatic rings. The molecule has 5 nitrogen and oxygen atoms in total. The number of hydrogen-bond acceptors (Lipinski definition) is 3. The standard InChI is InChI=1S/C14H25N3O2/c1-9(2)15-12(18)13(19)17-16-11-6-10(3)7-14(4,5)8-11/h9-10H,6-8H2,1-5H3,(H,15,18)(H,17,19)/b16-11-/t10-/m1/s1. The van der Waals surface area contributed by atoms with Crippen LogP contribution in [0.3, 0.4) is 0 Å². The first-order valence-corrected chi connectivity index (χ1v) is 6.86. The van der Waals surface area contributed by atoms with Crippen LogP contribution in [0.2, 0.25) is 0 Å². The van der Waals surface area contributed by atoms with Gasteiger partial charge in [0, 0.05) is 11.8 Å². The summed E-state index contributed by atoms with van der Waals surface area (Å²) in [5, 5.41) is 6.65. The highest BCUT2D eigenvalue weighted by Crippen LogP contribution is 2.36. The topological polar surface area (TPSA) is 70.6 Å². The van der Waals surface area contributed by atoms with Gasteiger partial charge in [0.05, 0.1) is 0 Å². The quantitative estimate of drug-likeness (QED) is 0.592. The van der Waals surface area contributed by atoms with Crippen LogP contribution in [0.4, 0.5) is 0 Å². The van der Waals surface area contributed by atoms with Gasteiger partial charge in [-0.3, -0.25) is 9.59 Å². The molecule has 5 heteroatoms. The number of amides is 2. The van der Waals surface area contributed by atoms with E-state index in [1.54, 1.807) is 0 Å². The number of hydrogen-bond donors (Lipinski definition) is 2. The van der Waals surface area contributed by atoms with Crippen LogP contribution >= 0.6 is 0 Å². The summed E-state index contributed by atoms with van der Waals surface area (Å²) in [4.78, 5) is 23.0. The van der Waals surface area contributed by atoms with Crippen LogP contribution in [0, 0.1) is 11.3 Å². The smallest absolute Gasteiger partial charge is 0.329 e. The molecule has 0 aromatic carbocycles. The second-order valence-electron chi connectivity index (χ2n) is 6.60. The van der Waals surface area contributed by atoms with Crippen molar-refractivity contribution < 1.29 is 9.59 Å².